The molecule has 1 aliphatic carbocycles. The van der Waals surface area contributed by atoms with Crippen molar-refractivity contribution in [2.75, 3.05) is 16.8 Å². The highest BCUT2D eigenvalue weighted by Gasteiger charge is 2.45. The van der Waals surface area contributed by atoms with Gasteiger partial charge in [-0.1, -0.05) is 13.8 Å². The van der Waals surface area contributed by atoms with E-state index < -0.39 is 29.6 Å². The number of hydrogen-bond acceptors (Lipinski definition) is 4. The standard InChI is InChI=1S/C22H24F3N5O3/c1-11(2)19-10-33-22(32)29(19)17-8-26-30-16-5-3-4-15(16)28(9-18(17)30)21(31)27-12-6-13(23)20(25)14(24)7-12/h6-8,11,15-16,19H,3-5,9-10H2,1-2H3,(H,27,31)/t15-,16+,19?/m0/s1. The molecule has 1 unspecified atom stereocenters. The van der Waals surface area contributed by atoms with Crippen molar-refractivity contribution in [2.45, 2.75) is 57.8 Å². The molecule has 3 aliphatic rings. The van der Waals surface area contributed by atoms with E-state index in [1.54, 1.807) is 16.0 Å². The number of amides is 3. The first-order valence-electron chi connectivity index (χ1n) is 11.0. The van der Waals surface area contributed by atoms with E-state index >= 15 is 0 Å². The predicted molar refractivity (Wildman–Crippen MR) is 112 cm³/mol. The fourth-order valence-electron chi connectivity index (χ4n) is 5.12. The summed E-state index contributed by atoms with van der Waals surface area (Å²) in [6.45, 7) is 4.44. The molecule has 11 heteroatoms. The summed E-state index contributed by atoms with van der Waals surface area (Å²) in [6.07, 6.45) is 3.62. The molecule has 0 bridgehead atoms. The van der Waals surface area contributed by atoms with E-state index in [4.69, 9.17) is 4.74 Å². The summed E-state index contributed by atoms with van der Waals surface area (Å²) in [6, 6.07) is 0.545. The molecule has 2 aliphatic heterocycles. The number of halogens is 3. The maximum atomic E-state index is 13.6. The van der Waals surface area contributed by atoms with Gasteiger partial charge in [-0.15, -0.1) is 0 Å². The highest BCUT2D eigenvalue weighted by molar-refractivity contribution is 5.92. The number of urea groups is 1. The zero-order valence-electron chi connectivity index (χ0n) is 18.2. The fraction of sp³-hybridized carbons (Fsp3) is 0.500. The Bertz CT molecular complexity index is 1100. The lowest BCUT2D eigenvalue weighted by molar-refractivity contribution is 0.138. The number of nitrogens with zero attached hydrogens (tertiary/aromatic N) is 4. The Balaban J connectivity index is 1.47. The number of aromatic nitrogens is 2. The lowest BCUT2D eigenvalue weighted by Gasteiger charge is -2.39. The highest BCUT2D eigenvalue weighted by Crippen LogP contribution is 2.42. The molecular formula is C22H24F3N5O3. The minimum absolute atomic E-state index is 0.0777. The average Bonchev–Trinajstić information content (AvgIpc) is 3.48. The van der Waals surface area contributed by atoms with Crippen LogP contribution in [0, 0.1) is 23.4 Å². The monoisotopic (exact) mass is 463 g/mol. The Labute approximate surface area is 188 Å². The van der Waals surface area contributed by atoms with Crippen LogP contribution < -0.4 is 10.2 Å². The van der Waals surface area contributed by atoms with E-state index in [0.29, 0.717) is 11.4 Å². The summed E-state index contributed by atoms with van der Waals surface area (Å²) < 4.78 is 47.7. The zero-order chi connectivity index (χ0) is 23.4. The van der Waals surface area contributed by atoms with Crippen molar-refractivity contribution in [3.05, 3.63) is 41.5 Å². The minimum Gasteiger partial charge on any atom is -0.447 e. The summed E-state index contributed by atoms with van der Waals surface area (Å²) in [5, 5.41) is 7.04. The number of carbonyl (C=O) groups excluding carboxylic acids is 2. The number of benzene rings is 1. The topological polar surface area (TPSA) is 79.7 Å². The second-order valence-electron chi connectivity index (χ2n) is 9.06. The molecule has 5 rings (SSSR count). The van der Waals surface area contributed by atoms with Crippen LogP contribution in [0.2, 0.25) is 0 Å². The molecule has 0 spiro atoms. The molecule has 3 amide bonds. The van der Waals surface area contributed by atoms with Gasteiger partial charge in [0.15, 0.2) is 17.5 Å². The van der Waals surface area contributed by atoms with Crippen LogP contribution in [0.4, 0.5) is 34.1 Å². The molecule has 1 saturated carbocycles. The number of anilines is 2. The zero-order valence-corrected chi connectivity index (χ0v) is 18.2. The van der Waals surface area contributed by atoms with E-state index in [-0.39, 0.29) is 42.9 Å². The van der Waals surface area contributed by atoms with Crippen LogP contribution in [0.1, 0.15) is 44.8 Å². The number of nitrogens with one attached hydrogen (secondary N) is 1. The number of rotatable bonds is 3. The van der Waals surface area contributed by atoms with Gasteiger partial charge in [0.1, 0.15) is 6.61 Å². The Hall–Kier alpha value is -3.24. The van der Waals surface area contributed by atoms with Crippen LogP contribution in [0.3, 0.4) is 0 Å². The maximum absolute atomic E-state index is 13.6. The van der Waals surface area contributed by atoms with E-state index in [1.165, 1.54) is 0 Å². The van der Waals surface area contributed by atoms with Crippen molar-refractivity contribution >= 4 is 23.5 Å². The van der Waals surface area contributed by atoms with E-state index in [1.807, 2.05) is 18.5 Å². The Morgan fingerprint density at radius 3 is 2.58 bits per heavy atom. The van der Waals surface area contributed by atoms with Crippen molar-refractivity contribution in [1.29, 1.82) is 0 Å². The summed E-state index contributed by atoms with van der Waals surface area (Å²) in [4.78, 5) is 28.9. The first kappa shape index (κ1) is 21.6. The third-order valence-electron chi connectivity index (χ3n) is 6.79. The molecule has 1 aromatic carbocycles. The third-order valence-corrected chi connectivity index (χ3v) is 6.79. The van der Waals surface area contributed by atoms with E-state index in [9.17, 15) is 22.8 Å². The predicted octanol–water partition coefficient (Wildman–Crippen LogP) is 4.42. The summed E-state index contributed by atoms with van der Waals surface area (Å²) in [5.41, 5.74) is 1.13. The summed E-state index contributed by atoms with van der Waals surface area (Å²) in [5.74, 6) is -4.20. The van der Waals surface area contributed by atoms with Crippen LogP contribution in [0.5, 0.6) is 0 Å². The molecule has 3 heterocycles. The lowest BCUT2D eigenvalue weighted by Crippen LogP contribution is -2.49. The second kappa shape index (κ2) is 7.96. The number of fused-ring (bicyclic) bond motifs is 3. The minimum atomic E-state index is -1.59. The average molecular weight is 463 g/mol. The maximum Gasteiger partial charge on any atom is 0.414 e. The fourth-order valence-corrected chi connectivity index (χ4v) is 5.12. The molecule has 0 radical (unpaired) electrons. The summed E-state index contributed by atoms with van der Waals surface area (Å²) in [7, 11) is 0. The van der Waals surface area contributed by atoms with Crippen molar-refractivity contribution in [3.63, 3.8) is 0 Å². The summed E-state index contributed by atoms with van der Waals surface area (Å²) >= 11 is 0. The van der Waals surface area contributed by atoms with Crippen LogP contribution in [0.25, 0.3) is 0 Å². The van der Waals surface area contributed by atoms with Gasteiger partial charge in [-0.25, -0.2) is 22.8 Å². The number of ether oxygens (including phenoxy) is 1. The molecule has 1 saturated heterocycles. The van der Waals surface area contributed by atoms with Gasteiger partial charge in [-0.3, -0.25) is 9.58 Å². The Kier molecular flexibility index (Phi) is 5.21. The SMILES string of the molecule is CC(C)C1COC(=O)N1c1cnn2c1CN(C(=O)Nc1cc(F)c(F)c(F)c1)[C@H]1CCC[C@H]12. The molecular weight excluding hydrogens is 439 g/mol. The molecule has 2 aromatic rings. The molecule has 33 heavy (non-hydrogen) atoms. The largest absolute Gasteiger partial charge is 0.447 e. The van der Waals surface area contributed by atoms with Gasteiger partial charge in [-0.2, -0.15) is 5.10 Å². The van der Waals surface area contributed by atoms with Crippen LogP contribution >= 0.6 is 0 Å². The van der Waals surface area contributed by atoms with Crippen LogP contribution in [0.15, 0.2) is 18.3 Å². The number of hydrogen-bond donors (Lipinski definition) is 1. The molecule has 2 fully saturated rings. The smallest absolute Gasteiger partial charge is 0.414 e. The molecule has 1 aromatic heterocycles. The number of cyclic esters (lactones) is 1. The van der Waals surface area contributed by atoms with Crippen LogP contribution in [-0.4, -0.2) is 45.5 Å². The molecule has 176 valence electrons. The van der Waals surface area contributed by atoms with Crippen molar-refractivity contribution in [2.24, 2.45) is 5.92 Å². The molecule has 3 atom stereocenters. The lowest BCUT2D eigenvalue weighted by atomic mass is 10.0. The van der Waals surface area contributed by atoms with Gasteiger partial charge in [0, 0.05) is 17.8 Å². The van der Waals surface area contributed by atoms with E-state index in [2.05, 4.69) is 10.4 Å². The Morgan fingerprint density at radius 1 is 1.18 bits per heavy atom. The third kappa shape index (κ3) is 3.50. The van der Waals surface area contributed by atoms with Crippen LogP contribution in [-0.2, 0) is 11.3 Å². The first-order chi connectivity index (χ1) is 15.8. The van der Waals surface area contributed by atoms with Crippen molar-refractivity contribution in [1.82, 2.24) is 14.7 Å². The molecule has 8 nitrogen and oxygen atoms in total. The molecule has 1 N–H and O–H groups in total. The van der Waals surface area contributed by atoms with E-state index in [0.717, 1.165) is 31.4 Å². The highest BCUT2D eigenvalue weighted by atomic mass is 19.2. The van der Waals surface area contributed by atoms with Gasteiger partial charge >= 0.3 is 12.1 Å². The van der Waals surface area contributed by atoms with Crippen molar-refractivity contribution < 1.29 is 27.5 Å². The van der Waals surface area contributed by atoms with Gasteiger partial charge in [0.2, 0.25) is 0 Å². The van der Waals surface area contributed by atoms with Crippen molar-refractivity contribution in [3.8, 4) is 0 Å². The number of carbonyl (C=O) groups is 2. The second-order valence-corrected chi connectivity index (χ2v) is 9.06. The Morgan fingerprint density at radius 2 is 1.88 bits per heavy atom. The normalized spacial score (nSPS) is 24.2. The quantitative estimate of drug-likeness (QED) is 0.684. The van der Waals surface area contributed by atoms with Gasteiger partial charge in [0.25, 0.3) is 0 Å². The van der Waals surface area contributed by atoms with Gasteiger partial charge < -0.3 is 15.0 Å². The first-order valence-corrected chi connectivity index (χ1v) is 11.0. The van der Waals surface area contributed by atoms with Gasteiger partial charge in [0.05, 0.1) is 42.2 Å². The van der Waals surface area contributed by atoms with Gasteiger partial charge in [-0.05, 0) is 25.2 Å².